The van der Waals surface area contributed by atoms with E-state index in [4.69, 9.17) is 16.6 Å². The minimum absolute atomic E-state index is 0.0123. The molecule has 2 heterocycles. The highest BCUT2D eigenvalue weighted by Crippen LogP contribution is 2.17. The van der Waals surface area contributed by atoms with Gasteiger partial charge in [0.15, 0.2) is 0 Å². The van der Waals surface area contributed by atoms with Gasteiger partial charge in [0.1, 0.15) is 24.5 Å². The van der Waals surface area contributed by atoms with Crippen LogP contribution in [0, 0.1) is 5.92 Å². The van der Waals surface area contributed by atoms with Crippen molar-refractivity contribution in [2.24, 2.45) is 5.92 Å². The lowest BCUT2D eigenvalue weighted by Crippen LogP contribution is -2.51. The van der Waals surface area contributed by atoms with E-state index in [2.05, 4.69) is 25.2 Å². The first-order valence-electron chi connectivity index (χ1n) is 12.0. The molecule has 1 aliphatic rings. The number of piperidine rings is 1. The molecular weight excluding hydrogens is 504 g/mol. The summed E-state index contributed by atoms with van der Waals surface area (Å²) in [5, 5.41) is 7.89. The highest BCUT2D eigenvalue weighted by Gasteiger charge is 2.29. The van der Waals surface area contributed by atoms with Crippen LogP contribution in [0.5, 0.6) is 0 Å². The number of ether oxygens (including phenoxy) is 1. The van der Waals surface area contributed by atoms with E-state index in [9.17, 15) is 19.2 Å². The topological polar surface area (TPSA) is 144 Å². The zero-order valence-electron chi connectivity index (χ0n) is 20.3. The maximum absolute atomic E-state index is 12.6. The Morgan fingerprint density at radius 2 is 1.86 bits per heavy atom. The van der Waals surface area contributed by atoms with Crippen LogP contribution in [0.15, 0.2) is 49.1 Å². The summed E-state index contributed by atoms with van der Waals surface area (Å²) < 4.78 is 11.3. The van der Waals surface area contributed by atoms with E-state index in [1.165, 1.54) is 0 Å². The lowest BCUT2D eigenvalue weighted by atomic mass is 9.96. The first kappa shape index (κ1) is 27.8. The Hall–Kier alpha value is -3.80. The van der Waals surface area contributed by atoms with E-state index < -0.39 is 18.1 Å². The van der Waals surface area contributed by atoms with Gasteiger partial charge in [-0.1, -0.05) is 30.3 Å². The van der Waals surface area contributed by atoms with Crippen molar-refractivity contribution in [3.8, 4) is 0 Å². The van der Waals surface area contributed by atoms with E-state index in [0.717, 1.165) is 18.5 Å². The van der Waals surface area contributed by atoms with Crippen LogP contribution in [-0.2, 0) is 31.8 Å². The van der Waals surface area contributed by atoms with Crippen molar-refractivity contribution in [1.82, 2.24) is 30.4 Å². The summed E-state index contributed by atoms with van der Waals surface area (Å²) in [6, 6.07) is 7.64. The Labute approximate surface area is 219 Å². The van der Waals surface area contributed by atoms with Gasteiger partial charge in [-0.25, -0.2) is 19.4 Å². The van der Waals surface area contributed by atoms with Crippen LogP contribution in [-0.4, -0.2) is 70.7 Å². The molecule has 1 saturated heterocycles. The van der Waals surface area contributed by atoms with Gasteiger partial charge in [0.05, 0.1) is 6.33 Å². The molecule has 1 atom stereocenters. The molecule has 4 amide bonds. The summed E-state index contributed by atoms with van der Waals surface area (Å²) in [6.07, 6.45) is 6.19. The number of hydrogen-bond donors (Lipinski definition) is 3. The first-order chi connectivity index (χ1) is 18.0. The number of alkyl carbamates (subject to hydrolysis) is 1. The fourth-order valence-electron chi connectivity index (χ4n) is 3.83. The molecule has 1 fully saturated rings. The van der Waals surface area contributed by atoms with Gasteiger partial charge in [0, 0.05) is 51.0 Å². The van der Waals surface area contributed by atoms with Crippen LogP contribution < -0.4 is 16.0 Å². The molecule has 1 unspecified atom stereocenters. The second-order valence-corrected chi connectivity index (χ2v) is 8.70. The molecule has 37 heavy (non-hydrogen) atoms. The number of aryl methyl sites for hydroxylation is 1. The Morgan fingerprint density at radius 1 is 1.11 bits per heavy atom. The number of carbonyl (C=O) groups is 4. The molecule has 200 valence electrons. The number of nitrogens with zero attached hydrogens (tertiary/aromatic N) is 3. The van der Waals surface area contributed by atoms with Crippen LogP contribution in [0.3, 0.4) is 0 Å². The van der Waals surface area contributed by atoms with E-state index in [1.807, 2.05) is 16.8 Å². The number of amides is 4. The highest BCUT2D eigenvalue weighted by molar-refractivity contribution is 6.14. The smallest absolute Gasteiger partial charge is 0.408 e. The summed E-state index contributed by atoms with van der Waals surface area (Å²) in [7, 11) is 0. The lowest BCUT2D eigenvalue weighted by Gasteiger charge is -2.31. The average molecular weight is 535 g/mol. The molecular formula is C24H31ClN6O6. The Kier molecular flexibility index (Phi) is 11.0. The molecule has 0 bridgehead atoms. The summed E-state index contributed by atoms with van der Waals surface area (Å²) in [5.74, 6) is -1.55. The molecule has 0 saturated carbocycles. The second-order valence-electron chi connectivity index (χ2n) is 8.55. The van der Waals surface area contributed by atoms with E-state index >= 15 is 0 Å². The van der Waals surface area contributed by atoms with Crippen molar-refractivity contribution in [3.05, 3.63) is 54.6 Å². The molecule has 0 aliphatic carbocycles. The third-order valence-electron chi connectivity index (χ3n) is 5.93. The van der Waals surface area contributed by atoms with Crippen molar-refractivity contribution >= 4 is 35.9 Å². The quantitative estimate of drug-likeness (QED) is 0.373. The summed E-state index contributed by atoms with van der Waals surface area (Å²) in [4.78, 5) is 54.8. The van der Waals surface area contributed by atoms with Gasteiger partial charge < -0.3 is 34.4 Å². The molecule has 3 N–H and O–H groups in total. The zero-order valence-corrected chi connectivity index (χ0v) is 21.1. The number of carbonyl (C=O) groups excluding carboxylic acids is 4. The van der Waals surface area contributed by atoms with Crippen LogP contribution in [0.4, 0.5) is 9.59 Å². The zero-order chi connectivity index (χ0) is 26.5. The van der Waals surface area contributed by atoms with Gasteiger partial charge >= 0.3 is 18.1 Å². The van der Waals surface area contributed by atoms with Crippen molar-refractivity contribution in [3.63, 3.8) is 0 Å². The summed E-state index contributed by atoms with van der Waals surface area (Å²) in [6.45, 7) is 1.96. The van der Waals surface area contributed by atoms with Crippen LogP contribution in [0.1, 0.15) is 24.8 Å². The predicted octanol–water partition coefficient (Wildman–Crippen LogP) is 1.80. The molecule has 3 rings (SSSR count). The first-order valence-corrected chi connectivity index (χ1v) is 12.3. The number of aromatic nitrogens is 2. The number of benzene rings is 1. The van der Waals surface area contributed by atoms with Crippen LogP contribution in [0.2, 0.25) is 0 Å². The van der Waals surface area contributed by atoms with Crippen molar-refractivity contribution < 1.29 is 28.2 Å². The number of likely N-dealkylation sites (tertiary alicyclic amines) is 1. The average Bonchev–Trinajstić information content (AvgIpc) is 3.46. The SMILES string of the molecule is O=C(NC(CNC(=O)C1CCN(C(=O)NCCCn2ccnc2)CC1)C(=O)OCl)OCc1ccccc1. The van der Waals surface area contributed by atoms with Crippen molar-refractivity contribution in [2.45, 2.75) is 38.5 Å². The number of nitrogens with one attached hydrogen (secondary N) is 3. The molecule has 12 nitrogen and oxygen atoms in total. The number of imidazole rings is 1. The van der Waals surface area contributed by atoms with Gasteiger partial charge in [0.25, 0.3) is 0 Å². The largest absolute Gasteiger partial charge is 0.445 e. The summed E-state index contributed by atoms with van der Waals surface area (Å²) in [5.41, 5.74) is 0.775. The van der Waals surface area contributed by atoms with Crippen molar-refractivity contribution in [1.29, 1.82) is 0 Å². The molecule has 13 heteroatoms. The number of urea groups is 1. The predicted molar refractivity (Wildman–Crippen MR) is 133 cm³/mol. The second kappa shape index (κ2) is 14.7. The maximum atomic E-state index is 12.6. The fourth-order valence-corrected chi connectivity index (χ4v) is 3.94. The number of halogens is 1. The van der Waals surface area contributed by atoms with Crippen LogP contribution >= 0.6 is 11.9 Å². The Bertz CT molecular complexity index is 1010. The molecule has 2 aromatic rings. The minimum Gasteiger partial charge on any atom is -0.445 e. The third-order valence-corrected chi connectivity index (χ3v) is 6.08. The number of rotatable bonds is 11. The number of hydrogen-bond acceptors (Lipinski definition) is 7. The van der Waals surface area contributed by atoms with Gasteiger partial charge in [-0.2, -0.15) is 0 Å². The van der Waals surface area contributed by atoms with Gasteiger partial charge in [-0.15, -0.1) is 0 Å². The third kappa shape index (κ3) is 9.30. The lowest BCUT2D eigenvalue weighted by molar-refractivity contribution is -0.136. The van der Waals surface area contributed by atoms with Crippen molar-refractivity contribution in [2.75, 3.05) is 26.2 Å². The molecule has 1 aromatic carbocycles. The molecule has 0 spiro atoms. The highest BCUT2D eigenvalue weighted by atomic mass is 35.5. The van der Waals surface area contributed by atoms with Gasteiger partial charge in [0.2, 0.25) is 5.91 Å². The van der Waals surface area contributed by atoms with E-state index in [1.54, 1.807) is 41.7 Å². The fraction of sp³-hybridized carbons (Fsp3) is 0.458. The summed E-state index contributed by atoms with van der Waals surface area (Å²) >= 11 is 5.18. The molecule has 1 aromatic heterocycles. The van der Waals surface area contributed by atoms with Gasteiger partial charge in [-0.3, -0.25) is 4.79 Å². The van der Waals surface area contributed by atoms with E-state index in [0.29, 0.717) is 32.5 Å². The standard InChI is InChI=1S/C24H31ClN6O6/c25-37-22(33)20(29-24(35)36-16-18-5-2-1-3-6-18)15-28-21(32)19-7-12-31(13-8-19)23(34)27-9-4-11-30-14-10-26-17-30/h1-3,5-6,10,14,17,19-20H,4,7-9,11-13,15-16H2,(H,27,34)(H,28,32)(H,29,35). The van der Waals surface area contributed by atoms with Crippen LogP contribution in [0.25, 0.3) is 0 Å². The monoisotopic (exact) mass is 534 g/mol. The normalized spacial score (nSPS) is 14.4. The van der Waals surface area contributed by atoms with Gasteiger partial charge in [-0.05, 0) is 24.8 Å². The Morgan fingerprint density at radius 3 is 2.54 bits per heavy atom. The minimum atomic E-state index is -1.22. The van der Waals surface area contributed by atoms with E-state index in [-0.39, 0.29) is 31.0 Å². The Balaban J connectivity index is 1.35. The molecule has 0 radical (unpaired) electrons. The maximum Gasteiger partial charge on any atom is 0.408 e. The molecule has 1 aliphatic heterocycles.